The second-order valence-corrected chi connectivity index (χ2v) is 8.03. The summed E-state index contributed by atoms with van der Waals surface area (Å²) in [7, 11) is 0. The van der Waals surface area contributed by atoms with Gasteiger partial charge >= 0.3 is 0 Å². The number of thiophene rings is 1. The Bertz CT molecular complexity index is 976. The number of morpholine rings is 1. The molecule has 10 heteroatoms. The number of aromatic nitrogens is 4. The molecule has 152 valence electrons. The summed E-state index contributed by atoms with van der Waals surface area (Å²) in [6, 6.07) is 5.98. The predicted octanol–water partition coefficient (Wildman–Crippen LogP) is 0.834. The van der Waals surface area contributed by atoms with E-state index in [-0.39, 0.29) is 5.91 Å². The van der Waals surface area contributed by atoms with E-state index in [0.29, 0.717) is 32.8 Å². The maximum absolute atomic E-state index is 12.5. The molecule has 2 aliphatic heterocycles. The van der Waals surface area contributed by atoms with Crippen molar-refractivity contribution in [2.24, 2.45) is 0 Å². The van der Waals surface area contributed by atoms with Gasteiger partial charge in [-0.15, -0.1) is 15.3 Å². The molecule has 0 radical (unpaired) electrons. The Labute approximate surface area is 172 Å². The van der Waals surface area contributed by atoms with Crippen LogP contribution >= 0.6 is 11.3 Å². The molecule has 1 amide bonds. The molecule has 2 aliphatic rings. The van der Waals surface area contributed by atoms with Crippen LogP contribution in [0, 0.1) is 0 Å². The lowest BCUT2D eigenvalue weighted by Gasteiger charge is -2.36. The van der Waals surface area contributed by atoms with Crippen molar-refractivity contribution >= 4 is 28.7 Å². The van der Waals surface area contributed by atoms with Crippen LogP contribution < -0.4 is 4.90 Å². The van der Waals surface area contributed by atoms with Crippen molar-refractivity contribution in [1.29, 1.82) is 0 Å². The molecule has 29 heavy (non-hydrogen) atoms. The highest BCUT2D eigenvalue weighted by molar-refractivity contribution is 7.08. The monoisotopic (exact) mass is 413 g/mol. The quantitative estimate of drug-likeness (QED) is 0.627. The first-order valence-electron chi connectivity index (χ1n) is 9.86. The third-order valence-electron chi connectivity index (χ3n) is 5.45. The van der Waals surface area contributed by atoms with Gasteiger partial charge in [0.1, 0.15) is 5.82 Å². The first-order valence-corrected chi connectivity index (χ1v) is 10.8. The lowest BCUT2D eigenvalue weighted by molar-refractivity contribution is -0.136. The summed E-state index contributed by atoms with van der Waals surface area (Å²) in [6.45, 7) is 6.53. The van der Waals surface area contributed by atoms with Gasteiger partial charge in [0.05, 0.1) is 19.8 Å². The second kappa shape index (κ2) is 8.05. The van der Waals surface area contributed by atoms with E-state index in [0.717, 1.165) is 49.0 Å². The summed E-state index contributed by atoms with van der Waals surface area (Å²) in [5, 5.41) is 17.4. The minimum Gasteiger partial charge on any atom is -0.378 e. The molecule has 0 spiro atoms. The van der Waals surface area contributed by atoms with Crippen LogP contribution in [0.15, 0.2) is 29.0 Å². The van der Waals surface area contributed by atoms with Gasteiger partial charge in [0.2, 0.25) is 5.91 Å². The van der Waals surface area contributed by atoms with Crippen molar-refractivity contribution in [3.63, 3.8) is 0 Å². The number of ether oxygens (including phenoxy) is 1. The minimum absolute atomic E-state index is 0.200. The van der Waals surface area contributed by atoms with Crippen LogP contribution in [0.2, 0.25) is 0 Å². The van der Waals surface area contributed by atoms with Gasteiger partial charge in [-0.05, 0) is 23.6 Å². The van der Waals surface area contributed by atoms with Gasteiger partial charge in [0, 0.05) is 50.2 Å². The maximum Gasteiger partial charge on any atom is 0.236 e. The first kappa shape index (κ1) is 18.5. The van der Waals surface area contributed by atoms with Crippen molar-refractivity contribution in [3.05, 3.63) is 29.0 Å². The second-order valence-electron chi connectivity index (χ2n) is 7.25. The van der Waals surface area contributed by atoms with E-state index in [4.69, 9.17) is 9.84 Å². The van der Waals surface area contributed by atoms with Gasteiger partial charge in [-0.3, -0.25) is 9.69 Å². The molecular weight excluding hydrogens is 390 g/mol. The highest BCUT2D eigenvalue weighted by Gasteiger charge is 2.24. The van der Waals surface area contributed by atoms with Crippen LogP contribution in [0.4, 0.5) is 5.82 Å². The van der Waals surface area contributed by atoms with Crippen molar-refractivity contribution in [2.75, 3.05) is 63.9 Å². The van der Waals surface area contributed by atoms with E-state index < -0.39 is 0 Å². The van der Waals surface area contributed by atoms with E-state index >= 15 is 0 Å². The van der Waals surface area contributed by atoms with E-state index in [1.807, 2.05) is 33.0 Å². The fourth-order valence-electron chi connectivity index (χ4n) is 3.76. The Morgan fingerprint density at radius 2 is 1.86 bits per heavy atom. The normalized spacial score (nSPS) is 18.5. The zero-order valence-electron chi connectivity index (χ0n) is 16.1. The molecule has 2 saturated heterocycles. The average Bonchev–Trinajstić information content (AvgIpc) is 3.44. The Morgan fingerprint density at radius 3 is 2.62 bits per heavy atom. The molecule has 0 atom stereocenters. The largest absolute Gasteiger partial charge is 0.378 e. The Kier molecular flexibility index (Phi) is 5.13. The molecule has 0 unspecified atom stereocenters. The number of anilines is 1. The number of nitrogens with zero attached hydrogens (tertiary/aromatic N) is 7. The molecule has 9 nitrogen and oxygen atoms in total. The van der Waals surface area contributed by atoms with Crippen molar-refractivity contribution in [2.45, 2.75) is 0 Å². The summed E-state index contributed by atoms with van der Waals surface area (Å²) in [4.78, 5) is 18.9. The number of hydrogen-bond acceptors (Lipinski definition) is 8. The fraction of sp³-hybridized carbons (Fsp3) is 0.474. The van der Waals surface area contributed by atoms with Crippen LogP contribution in [0.3, 0.4) is 0 Å². The zero-order valence-corrected chi connectivity index (χ0v) is 16.9. The Balaban J connectivity index is 1.24. The topological polar surface area (TPSA) is 79.1 Å². The molecule has 3 aromatic rings. The smallest absolute Gasteiger partial charge is 0.236 e. The van der Waals surface area contributed by atoms with Gasteiger partial charge in [-0.25, -0.2) is 0 Å². The number of carbonyl (C=O) groups is 1. The van der Waals surface area contributed by atoms with Gasteiger partial charge in [-0.2, -0.15) is 15.9 Å². The summed E-state index contributed by atoms with van der Waals surface area (Å²) >= 11 is 1.63. The molecule has 0 aromatic carbocycles. The van der Waals surface area contributed by atoms with Crippen LogP contribution in [0.25, 0.3) is 17.0 Å². The summed E-state index contributed by atoms with van der Waals surface area (Å²) in [5.74, 6) is 1.87. The number of fused-ring (bicyclic) bond motifs is 1. The molecule has 0 saturated carbocycles. The molecule has 3 aromatic heterocycles. The van der Waals surface area contributed by atoms with E-state index in [9.17, 15) is 4.79 Å². The number of piperazine rings is 1. The van der Waals surface area contributed by atoms with Crippen molar-refractivity contribution in [3.8, 4) is 11.4 Å². The Morgan fingerprint density at radius 1 is 1.03 bits per heavy atom. The molecule has 2 fully saturated rings. The molecular formula is C19H23N7O2S. The van der Waals surface area contributed by atoms with Crippen molar-refractivity contribution < 1.29 is 9.53 Å². The van der Waals surface area contributed by atoms with E-state index in [1.54, 1.807) is 11.3 Å². The summed E-state index contributed by atoms with van der Waals surface area (Å²) < 4.78 is 7.14. The molecule has 0 bridgehead atoms. The van der Waals surface area contributed by atoms with Crippen LogP contribution in [-0.2, 0) is 9.53 Å². The van der Waals surface area contributed by atoms with Crippen molar-refractivity contribution in [1.82, 2.24) is 29.6 Å². The molecule has 0 aliphatic carbocycles. The number of rotatable bonds is 4. The predicted molar refractivity (Wildman–Crippen MR) is 110 cm³/mol. The van der Waals surface area contributed by atoms with Crippen LogP contribution in [0.5, 0.6) is 0 Å². The number of carbonyl (C=O) groups excluding carboxylic acids is 1. The lowest BCUT2D eigenvalue weighted by Crippen LogP contribution is -2.51. The van der Waals surface area contributed by atoms with Gasteiger partial charge in [0.15, 0.2) is 11.5 Å². The molecule has 5 heterocycles. The zero-order chi connectivity index (χ0) is 19.6. The average molecular weight is 414 g/mol. The number of hydrogen-bond donors (Lipinski definition) is 0. The third kappa shape index (κ3) is 3.83. The Hall–Kier alpha value is -2.56. The lowest BCUT2D eigenvalue weighted by atomic mass is 10.3. The number of amides is 1. The highest BCUT2D eigenvalue weighted by atomic mass is 32.1. The summed E-state index contributed by atoms with van der Waals surface area (Å²) in [6.07, 6.45) is 0. The SMILES string of the molecule is O=C(CN1CCN(c2ccc3nnc(-c4ccsc4)n3n2)CC1)N1CCOCC1. The van der Waals surface area contributed by atoms with Gasteiger partial charge in [0.25, 0.3) is 0 Å². The highest BCUT2D eigenvalue weighted by Crippen LogP contribution is 2.22. The van der Waals surface area contributed by atoms with Crippen LogP contribution in [-0.4, -0.2) is 94.5 Å². The standard InChI is InChI=1S/C19H23N7O2S/c27-18(25-8-10-28-11-9-25)13-23-4-6-24(7-5-23)17-2-1-16-20-21-19(26(16)22-17)15-3-12-29-14-15/h1-3,12,14H,4-11,13H2. The molecule has 5 rings (SSSR count). The van der Waals surface area contributed by atoms with Gasteiger partial charge < -0.3 is 14.5 Å². The minimum atomic E-state index is 0.200. The summed E-state index contributed by atoms with van der Waals surface area (Å²) in [5.41, 5.74) is 1.77. The van der Waals surface area contributed by atoms with E-state index in [1.165, 1.54) is 0 Å². The molecule has 0 N–H and O–H groups in total. The van der Waals surface area contributed by atoms with E-state index in [2.05, 4.69) is 25.4 Å². The van der Waals surface area contributed by atoms with Crippen LogP contribution in [0.1, 0.15) is 0 Å². The third-order valence-corrected chi connectivity index (χ3v) is 6.13. The fourth-order valence-corrected chi connectivity index (χ4v) is 4.39. The first-order chi connectivity index (χ1) is 14.3. The van der Waals surface area contributed by atoms with Gasteiger partial charge in [-0.1, -0.05) is 0 Å². The maximum atomic E-state index is 12.5.